The van der Waals surface area contributed by atoms with Crippen LogP contribution in [0, 0.1) is 0 Å². The predicted molar refractivity (Wildman–Crippen MR) is 133 cm³/mol. The molecule has 1 unspecified atom stereocenters. The van der Waals surface area contributed by atoms with Gasteiger partial charge in [0.1, 0.15) is 11.5 Å². The van der Waals surface area contributed by atoms with Crippen LogP contribution in [0.2, 0.25) is 0 Å². The van der Waals surface area contributed by atoms with Gasteiger partial charge in [0, 0.05) is 13.1 Å². The van der Waals surface area contributed by atoms with Crippen LogP contribution in [0.5, 0.6) is 11.5 Å². The first-order valence-corrected chi connectivity index (χ1v) is 10.4. The van der Waals surface area contributed by atoms with Gasteiger partial charge in [0.15, 0.2) is 5.96 Å². The van der Waals surface area contributed by atoms with Crippen molar-refractivity contribution in [2.75, 3.05) is 33.3 Å². The number of nitrogens with zero attached hydrogens (tertiary/aromatic N) is 2. The fourth-order valence-electron chi connectivity index (χ4n) is 3.72. The zero-order valence-corrected chi connectivity index (χ0v) is 20.1. The summed E-state index contributed by atoms with van der Waals surface area (Å²) in [6, 6.07) is 15.8. The molecule has 0 saturated carbocycles. The van der Waals surface area contributed by atoms with E-state index in [9.17, 15) is 5.11 Å². The summed E-state index contributed by atoms with van der Waals surface area (Å²) in [6.45, 7) is 6.35. The molecule has 7 heteroatoms. The fraction of sp³-hybridized carbons (Fsp3) is 0.435. The molecular weight excluding hydrogens is 491 g/mol. The number of hydrogen-bond donors (Lipinski definition) is 3. The fourth-order valence-corrected chi connectivity index (χ4v) is 3.72. The largest absolute Gasteiger partial charge is 0.508 e. The second kappa shape index (κ2) is 12.6. The number of methoxy groups -OCH3 is 1. The third-order valence-electron chi connectivity index (χ3n) is 5.20. The second-order valence-corrected chi connectivity index (χ2v) is 7.28. The maximum Gasteiger partial charge on any atom is 0.191 e. The molecular formula is C23H33IN4O2. The molecule has 1 saturated heterocycles. The van der Waals surface area contributed by atoms with Gasteiger partial charge in [-0.15, -0.1) is 24.0 Å². The van der Waals surface area contributed by atoms with Crippen molar-refractivity contribution in [3.63, 3.8) is 0 Å². The van der Waals surface area contributed by atoms with Gasteiger partial charge in [0.2, 0.25) is 0 Å². The van der Waals surface area contributed by atoms with Crippen LogP contribution in [0.4, 0.5) is 0 Å². The van der Waals surface area contributed by atoms with E-state index in [4.69, 9.17) is 9.73 Å². The van der Waals surface area contributed by atoms with Crippen LogP contribution in [-0.2, 0) is 6.54 Å². The molecule has 30 heavy (non-hydrogen) atoms. The lowest BCUT2D eigenvalue weighted by Gasteiger charge is -2.29. The molecule has 1 aliphatic rings. The number of hydrogen-bond acceptors (Lipinski definition) is 4. The van der Waals surface area contributed by atoms with Gasteiger partial charge < -0.3 is 20.5 Å². The van der Waals surface area contributed by atoms with Crippen molar-refractivity contribution in [1.82, 2.24) is 15.5 Å². The Morgan fingerprint density at radius 2 is 1.90 bits per heavy atom. The first-order valence-electron chi connectivity index (χ1n) is 10.4. The number of benzene rings is 2. The smallest absolute Gasteiger partial charge is 0.191 e. The van der Waals surface area contributed by atoms with Crippen molar-refractivity contribution in [1.29, 1.82) is 0 Å². The summed E-state index contributed by atoms with van der Waals surface area (Å²) in [5, 5.41) is 16.5. The second-order valence-electron chi connectivity index (χ2n) is 7.28. The van der Waals surface area contributed by atoms with E-state index in [1.165, 1.54) is 18.4 Å². The SMILES string of the molecule is CCNC(=NCc1cccc(O)c1)NCC(c1cccc(OC)c1)N1CCCC1.I. The van der Waals surface area contributed by atoms with Gasteiger partial charge in [-0.05, 0) is 68.2 Å². The Morgan fingerprint density at radius 3 is 2.60 bits per heavy atom. The maximum absolute atomic E-state index is 9.65. The lowest BCUT2D eigenvalue weighted by atomic mass is 10.1. The monoisotopic (exact) mass is 524 g/mol. The Kier molecular flexibility index (Phi) is 10.2. The van der Waals surface area contributed by atoms with Crippen LogP contribution in [-0.4, -0.2) is 49.3 Å². The molecule has 0 aliphatic carbocycles. The highest BCUT2D eigenvalue weighted by Gasteiger charge is 2.24. The van der Waals surface area contributed by atoms with Crippen molar-refractivity contribution in [2.24, 2.45) is 4.99 Å². The normalized spacial score (nSPS) is 15.3. The molecule has 1 aliphatic heterocycles. The van der Waals surface area contributed by atoms with Crippen molar-refractivity contribution in [3.8, 4) is 11.5 Å². The van der Waals surface area contributed by atoms with Crippen molar-refractivity contribution >= 4 is 29.9 Å². The molecule has 3 N–H and O–H groups in total. The van der Waals surface area contributed by atoms with E-state index in [1.54, 1.807) is 19.2 Å². The molecule has 1 fully saturated rings. The standard InChI is InChI=1S/C23H32N4O2.HI/c1-3-24-23(25-16-18-8-6-10-20(28)14-18)26-17-22(27-12-4-5-13-27)19-9-7-11-21(15-19)29-2;/h6-11,14-15,22,28H,3-5,12-13,16-17H2,1-2H3,(H2,24,25,26);1H. The van der Waals surface area contributed by atoms with Gasteiger partial charge >= 0.3 is 0 Å². The topological polar surface area (TPSA) is 69.1 Å². The molecule has 0 radical (unpaired) electrons. The molecule has 0 amide bonds. The third kappa shape index (κ3) is 7.05. The van der Waals surface area contributed by atoms with Gasteiger partial charge in [-0.25, -0.2) is 4.99 Å². The van der Waals surface area contributed by atoms with E-state index in [2.05, 4.69) is 40.7 Å². The van der Waals surface area contributed by atoms with Crippen LogP contribution in [0.3, 0.4) is 0 Å². The summed E-state index contributed by atoms with van der Waals surface area (Å²) >= 11 is 0. The first kappa shape index (κ1) is 24.3. The number of likely N-dealkylation sites (tertiary alicyclic amines) is 1. The van der Waals surface area contributed by atoms with Gasteiger partial charge in [0.05, 0.1) is 19.7 Å². The Bertz CT molecular complexity index is 809. The predicted octanol–water partition coefficient (Wildman–Crippen LogP) is 3.91. The molecule has 164 valence electrons. The molecule has 6 nitrogen and oxygen atoms in total. The summed E-state index contributed by atoms with van der Waals surface area (Å²) in [6.07, 6.45) is 2.48. The molecule has 0 aromatic heterocycles. The average Bonchev–Trinajstić information content (AvgIpc) is 3.27. The number of rotatable bonds is 8. The number of ether oxygens (including phenoxy) is 1. The van der Waals surface area contributed by atoms with Crippen LogP contribution >= 0.6 is 24.0 Å². The number of aromatic hydroxyl groups is 1. The molecule has 3 rings (SSSR count). The third-order valence-corrected chi connectivity index (χ3v) is 5.20. The van der Waals surface area contributed by atoms with Gasteiger partial charge in [-0.3, -0.25) is 4.90 Å². The van der Waals surface area contributed by atoms with Crippen molar-refractivity contribution in [3.05, 3.63) is 59.7 Å². The summed E-state index contributed by atoms with van der Waals surface area (Å²) < 4.78 is 5.43. The Hall–Kier alpha value is -2.00. The molecule has 2 aromatic rings. The lowest BCUT2D eigenvalue weighted by Crippen LogP contribution is -2.42. The zero-order chi connectivity index (χ0) is 20.5. The quantitative estimate of drug-likeness (QED) is 0.278. The van der Waals surface area contributed by atoms with E-state index >= 15 is 0 Å². The van der Waals surface area contributed by atoms with E-state index in [0.29, 0.717) is 6.54 Å². The van der Waals surface area contributed by atoms with Crippen LogP contribution in [0.1, 0.15) is 36.9 Å². The Balaban J connectivity index is 0.00000320. The number of guanidine groups is 1. The molecule has 1 atom stereocenters. The van der Waals surface area contributed by atoms with Crippen LogP contribution < -0.4 is 15.4 Å². The molecule has 0 spiro atoms. The average molecular weight is 524 g/mol. The van der Waals surface area contributed by atoms with Gasteiger partial charge in [-0.2, -0.15) is 0 Å². The number of aliphatic imine (C=N–C) groups is 1. The van der Waals surface area contributed by atoms with Crippen LogP contribution in [0.25, 0.3) is 0 Å². The van der Waals surface area contributed by atoms with Gasteiger partial charge in [-0.1, -0.05) is 24.3 Å². The number of phenols is 1. The minimum absolute atomic E-state index is 0. The molecule has 1 heterocycles. The van der Waals surface area contributed by atoms with Crippen molar-refractivity contribution < 1.29 is 9.84 Å². The Morgan fingerprint density at radius 1 is 1.13 bits per heavy atom. The van der Waals surface area contributed by atoms with Crippen LogP contribution in [0.15, 0.2) is 53.5 Å². The number of phenolic OH excluding ortho intramolecular Hbond substituents is 1. The van der Waals surface area contributed by atoms with E-state index < -0.39 is 0 Å². The summed E-state index contributed by atoms with van der Waals surface area (Å²) in [7, 11) is 1.71. The first-order chi connectivity index (χ1) is 14.2. The Labute approximate surface area is 196 Å². The minimum Gasteiger partial charge on any atom is -0.508 e. The minimum atomic E-state index is 0. The summed E-state index contributed by atoms with van der Waals surface area (Å²) in [5.74, 6) is 1.93. The summed E-state index contributed by atoms with van der Waals surface area (Å²) in [4.78, 5) is 7.22. The summed E-state index contributed by atoms with van der Waals surface area (Å²) in [5.41, 5.74) is 2.23. The van der Waals surface area contributed by atoms with E-state index in [1.807, 2.05) is 18.2 Å². The zero-order valence-electron chi connectivity index (χ0n) is 17.8. The highest BCUT2D eigenvalue weighted by atomic mass is 127. The van der Waals surface area contributed by atoms with E-state index in [0.717, 1.165) is 43.5 Å². The lowest BCUT2D eigenvalue weighted by molar-refractivity contribution is 0.245. The maximum atomic E-state index is 9.65. The highest BCUT2D eigenvalue weighted by Crippen LogP contribution is 2.27. The number of nitrogens with one attached hydrogen (secondary N) is 2. The van der Waals surface area contributed by atoms with Crippen molar-refractivity contribution in [2.45, 2.75) is 32.4 Å². The molecule has 0 bridgehead atoms. The van der Waals surface area contributed by atoms with Gasteiger partial charge in [0.25, 0.3) is 0 Å². The number of halogens is 1. The van der Waals surface area contributed by atoms with E-state index in [-0.39, 0.29) is 35.8 Å². The highest BCUT2D eigenvalue weighted by molar-refractivity contribution is 14.0. The molecule has 2 aromatic carbocycles.